The van der Waals surface area contributed by atoms with Gasteiger partial charge in [-0.3, -0.25) is 20.2 Å². The van der Waals surface area contributed by atoms with Gasteiger partial charge in [-0.2, -0.15) is 0 Å². The predicted molar refractivity (Wildman–Crippen MR) is 41.4 cm³/mol. The van der Waals surface area contributed by atoms with Crippen molar-refractivity contribution in [1.82, 2.24) is 10.6 Å². The summed E-state index contributed by atoms with van der Waals surface area (Å²) in [5.74, 6) is -2.05. The van der Waals surface area contributed by atoms with Gasteiger partial charge in [0.25, 0.3) is 11.8 Å². The first-order chi connectivity index (χ1) is 6.00. The van der Waals surface area contributed by atoms with E-state index in [4.69, 9.17) is 0 Å². The molecule has 0 spiro atoms. The number of aliphatic hydroxyl groups is 1. The van der Waals surface area contributed by atoms with Crippen LogP contribution in [0.1, 0.15) is 6.42 Å². The monoisotopic (exact) mass is 184 g/mol. The molecule has 1 heterocycles. The molecule has 0 aromatic heterocycles. The van der Waals surface area contributed by atoms with Crippen LogP contribution in [0.25, 0.3) is 0 Å². The lowest BCUT2D eigenvalue weighted by atomic mass is 9.96. The molecule has 3 N–H and O–H groups in total. The second-order valence-electron chi connectivity index (χ2n) is 2.59. The zero-order chi connectivity index (χ0) is 10.1. The summed E-state index contributed by atoms with van der Waals surface area (Å²) in [5.41, 5.74) is -2.21. The number of barbiturate groups is 1. The molecule has 1 fully saturated rings. The maximum atomic E-state index is 11.0. The van der Waals surface area contributed by atoms with Crippen LogP contribution in [0.5, 0.6) is 0 Å². The maximum Gasteiger partial charge on any atom is 0.328 e. The summed E-state index contributed by atoms with van der Waals surface area (Å²) in [7, 11) is 0. The first-order valence-electron chi connectivity index (χ1n) is 3.51. The first-order valence-corrected chi connectivity index (χ1v) is 3.51. The summed E-state index contributed by atoms with van der Waals surface area (Å²) >= 11 is 0. The average molecular weight is 184 g/mol. The van der Waals surface area contributed by atoms with Gasteiger partial charge in [0.05, 0.1) is 0 Å². The van der Waals surface area contributed by atoms with Gasteiger partial charge in [-0.25, -0.2) is 4.79 Å². The van der Waals surface area contributed by atoms with Gasteiger partial charge in [0.15, 0.2) is 0 Å². The van der Waals surface area contributed by atoms with Crippen LogP contribution in [0.3, 0.4) is 0 Å². The standard InChI is InChI=1S/C7H8N2O4/c1-2-3-7(13)4(10)8-6(12)9-5(7)11/h2,13H,1,3H2,(H2,8,9,10,11,12). The topological polar surface area (TPSA) is 95.5 Å². The van der Waals surface area contributed by atoms with Gasteiger partial charge >= 0.3 is 6.03 Å². The Hall–Kier alpha value is -1.69. The number of imide groups is 2. The third kappa shape index (κ3) is 1.43. The molecule has 6 nitrogen and oxygen atoms in total. The maximum absolute atomic E-state index is 11.0. The highest BCUT2D eigenvalue weighted by Crippen LogP contribution is 2.13. The van der Waals surface area contributed by atoms with E-state index in [1.807, 2.05) is 0 Å². The lowest BCUT2D eigenvalue weighted by Crippen LogP contribution is -2.66. The molecule has 0 saturated carbocycles. The number of amides is 4. The van der Waals surface area contributed by atoms with E-state index >= 15 is 0 Å². The Kier molecular flexibility index (Phi) is 2.16. The summed E-state index contributed by atoms with van der Waals surface area (Å²) in [5, 5.41) is 13.0. The molecule has 0 atom stereocenters. The fraction of sp³-hybridized carbons (Fsp3) is 0.286. The second kappa shape index (κ2) is 2.98. The minimum atomic E-state index is -2.21. The Morgan fingerprint density at radius 2 is 1.77 bits per heavy atom. The lowest BCUT2D eigenvalue weighted by Gasteiger charge is -2.27. The Morgan fingerprint density at radius 1 is 1.31 bits per heavy atom. The van der Waals surface area contributed by atoms with E-state index in [1.165, 1.54) is 6.08 Å². The molecule has 70 valence electrons. The SMILES string of the molecule is C=CCC1(O)C(=O)NC(=O)NC1=O. The van der Waals surface area contributed by atoms with Crippen LogP contribution in [0, 0.1) is 0 Å². The van der Waals surface area contributed by atoms with Crippen molar-refractivity contribution in [2.75, 3.05) is 0 Å². The van der Waals surface area contributed by atoms with Gasteiger partial charge in [-0.15, -0.1) is 6.58 Å². The number of carbonyl (C=O) groups excluding carboxylic acids is 3. The van der Waals surface area contributed by atoms with Crippen molar-refractivity contribution in [2.24, 2.45) is 0 Å². The minimum absolute atomic E-state index is 0.238. The molecule has 1 rings (SSSR count). The van der Waals surface area contributed by atoms with Crippen LogP contribution < -0.4 is 10.6 Å². The quantitative estimate of drug-likeness (QED) is 0.365. The predicted octanol–water partition coefficient (Wildman–Crippen LogP) is -1.34. The van der Waals surface area contributed by atoms with Crippen molar-refractivity contribution < 1.29 is 19.5 Å². The Labute approximate surface area is 73.6 Å². The van der Waals surface area contributed by atoms with Gasteiger partial charge in [0, 0.05) is 6.42 Å². The molecule has 1 aliphatic heterocycles. The third-order valence-electron chi connectivity index (χ3n) is 1.65. The van der Waals surface area contributed by atoms with Gasteiger partial charge < -0.3 is 5.11 Å². The normalized spacial score (nSPS) is 20.5. The fourth-order valence-corrected chi connectivity index (χ4v) is 0.942. The average Bonchev–Trinajstić information content (AvgIpc) is 2.01. The largest absolute Gasteiger partial charge is 0.371 e. The zero-order valence-corrected chi connectivity index (χ0v) is 6.66. The Morgan fingerprint density at radius 3 is 2.15 bits per heavy atom. The number of urea groups is 1. The van der Waals surface area contributed by atoms with E-state index in [0.717, 1.165) is 0 Å². The molecular formula is C7H8N2O4. The number of carbonyl (C=O) groups is 3. The molecule has 0 bridgehead atoms. The molecule has 1 saturated heterocycles. The number of rotatable bonds is 2. The second-order valence-corrected chi connectivity index (χ2v) is 2.59. The molecule has 0 radical (unpaired) electrons. The van der Waals surface area contributed by atoms with Crippen LogP contribution in [0.15, 0.2) is 12.7 Å². The highest BCUT2D eigenvalue weighted by Gasteiger charge is 2.47. The van der Waals surface area contributed by atoms with Crippen LogP contribution >= 0.6 is 0 Å². The Balaban J connectivity index is 2.95. The van der Waals surface area contributed by atoms with Crippen molar-refractivity contribution in [1.29, 1.82) is 0 Å². The van der Waals surface area contributed by atoms with Gasteiger partial charge in [0.2, 0.25) is 5.60 Å². The minimum Gasteiger partial charge on any atom is -0.371 e. The summed E-state index contributed by atoms with van der Waals surface area (Å²) in [6.07, 6.45) is 0.979. The van der Waals surface area contributed by atoms with Gasteiger partial charge in [-0.1, -0.05) is 6.08 Å². The van der Waals surface area contributed by atoms with E-state index < -0.39 is 23.4 Å². The van der Waals surface area contributed by atoms with Crippen molar-refractivity contribution >= 4 is 17.8 Å². The fourth-order valence-electron chi connectivity index (χ4n) is 0.942. The van der Waals surface area contributed by atoms with E-state index in [2.05, 4.69) is 6.58 Å². The molecule has 6 heteroatoms. The zero-order valence-electron chi connectivity index (χ0n) is 6.66. The van der Waals surface area contributed by atoms with Crippen LogP contribution in [-0.4, -0.2) is 28.6 Å². The summed E-state index contributed by atoms with van der Waals surface area (Å²) in [6.45, 7) is 3.28. The molecule has 0 aromatic rings. The van der Waals surface area contributed by atoms with Crippen molar-refractivity contribution in [3.63, 3.8) is 0 Å². The van der Waals surface area contributed by atoms with Crippen LogP contribution in [0.2, 0.25) is 0 Å². The van der Waals surface area contributed by atoms with Gasteiger partial charge in [-0.05, 0) is 0 Å². The highest BCUT2D eigenvalue weighted by atomic mass is 16.3. The highest BCUT2D eigenvalue weighted by molar-refractivity contribution is 6.21. The summed E-state index contributed by atoms with van der Waals surface area (Å²) in [4.78, 5) is 32.6. The summed E-state index contributed by atoms with van der Waals surface area (Å²) < 4.78 is 0. The smallest absolute Gasteiger partial charge is 0.328 e. The summed E-state index contributed by atoms with van der Waals surface area (Å²) in [6, 6.07) is -0.927. The molecule has 1 aliphatic rings. The van der Waals surface area contributed by atoms with Crippen molar-refractivity contribution in [3.8, 4) is 0 Å². The lowest BCUT2D eigenvalue weighted by molar-refractivity contribution is -0.154. The third-order valence-corrected chi connectivity index (χ3v) is 1.65. The van der Waals surface area contributed by atoms with Crippen molar-refractivity contribution in [2.45, 2.75) is 12.0 Å². The van der Waals surface area contributed by atoms with E-state index in [0.29, 0.717) is 0 Å². The molecule has 0 aliphatic carbocycles. The molecule has 0 aromatic carbocycles. The van der Waals surface area contributed by atoms with E-state index in [-0.39, 0.29) is 6.42 Å². The van der Waals surface area contributed by atoms with Crippen molar-refractivity contribution in [3.05, 3.63) is 12.7 Å². The molecular weight excluding hydrogens is 176 g/mol. The first kappa shape index (κ1) is 9.40. The van der Waals surface area contributed by atoms with Gasteiger partial charge in [0.1, 0.15) is 0 Å². The molecule has 13 heavy (non-hydrogen) atoms. The van der Waals surface area contributed by atoms with Crippen LogP contribution in [-0.2, 0) is 9.59 Å². The number of nitrogens with one attached hydrogen (secondary N) is 2. The number of hydrogen-bond donors (Lipinski definition) is 3. The number of hydrogen-bond acceptors (Lipinski definition) is 4. The Bertz CT molecular complexity index is 277. The van der Waals surface area contributed by atoms with E-state index in [9.17, 15) is 19.5 Å². The molecule has 4 amide bonds. The van der Waals surface area contributed by atoms with E-state index in [1.54, 1.807) is 10.6 Å². The molecule has 0 unspecified atom stereocenters. The van der Waals surface area contributed by atoms with Crippen LogP contribution in [0.4, 0.5) is 4.79 Å².